The molecule has 0 aliphatic rings. The summed E-state index contributed by atoms with van der Waals surface area (Å²) in [6.07, 6.45) is 5.42. The molecule has 1 aromatic rings. The number of benzene rings is 1. The summed E-state index contributed by atoms with van der Waals surface area (Å²) in [6, 6.07) is 10.2. The minimum Gasteiger partial charge on any atom is -0.386 e. The molecule has 1 nitrogen and oxygen atoms in total. The smallest absolute Gasteiger partial charge is 0.0802 e. The Kier molecular flexibility index (Phi) is 3.90. The molecule has 0 saturated carbocycles. The van der Waals surface area contributed by atoms with Gasteiger partial charge < -0.3 is 5.11 Å². The summed E-state index contributed by atoms with van der Waals surface area (Å²) in [6.45, 7) is 3.77. The molecule has 1 atom stereocenters. The highest BCUT2D eigenvalue weighted by molar-refractivity contribution is 5.15. The molecule has 0 bridgehead atoms. The minimum absolute atomic E-state index is 0.676. The Morgan fingerprint density at radius 1 is 1.29 bits per heavy atom. The maximum absolute atomic E-state index is 9.89. The van der Waals surface area contributed by atoms with Gasteiger partial charge in [0.1, 0.15) is 0 Å². The predicted molar refractivity (Wildman–Crippen MR) is 60.2 cm³/mol. The van der Waals surface area contributed by atoms with Gasteiger partial charge in [-0.15, -0.1) is 0 Å². The highest BCUT2D eigenvalue weighted by Gasteiger charge is 2.14. The molecule has 0 spiro atoms. The van der Waals surface area contributed by atoms with Gasteiger partial charge in [0.25, 0.3) is 0 Å². The summed E-state index contributed by atoms with van der Waals surface area (Å²) in [4.78, 5) is 0. The van der Waals surface area contributed by atoms with Gasteiger partial charge in [-0.2, -0.15) is 0 Å². The summed E-state index contributed by atoms with van der Waals surface area (Å²) in [5.41, 5.74) is 0.599. The normalized spacial score (nSPS) is 15.6. The average molecular weight is 190 g/mol. The van der Waals surface area contributed by atoms with Gasteiger partial charge in [0.05, 0.1) is 5.60 Å². The third-order valence-electron chi connectivity index (χ3n) is 2.29. The van der Waals surface area contributed by atoms with Crippen molar-refractivity contribution in [2.75, 3.05) is 0 Å². The van der Waals surface area contributed by atoms with Gasteiger partial charge in [-0.1, -0.05) is 42.5 Å². The summed E-state index contributed by atoms with van der Waals surface area (Å²) in [5.74, 6) is 0. The minimum atomic E-state index is -0.676. The van der Waals surface area contributed by atoms with Crippen LogP contribution in [-0.4, -0.2) is 10.7 Å². The molecular weight excluding hydrogens is 172 g/mol. The van der Waals surface area contributed by atoms with E-state index in [0.29, 0.717) is 0 Å². The fourth-order valence-corrected chi connectivity index (χ4v) is 1.48. The van der Waals surface area contributed by atoms with Gasteiger partial charge in [-0.25, -0.2) is 0 Å². The quantitative estimate of drug-likeness (QED) is 0.724. The van der Waals surface area contributed by atoms with Crippen LogP contribution in [0.15, 0.2) is 42.5 Å². The Morgan fingerprint density at radius 2 is 1.93 bits per heavy atom. The third kappa shape index (κ3) is 3.75. The molecule has 1 aromatic carbocycles. The standard InChI is InChI=1S/C13H18O/c1-3-10-13(2,14)11-9-12-7-5-4-6-8-12/h3-8,10,14H,9,11H2,1-2H3/b10-3-/t13-/m0/s1. The van der Waals surface area contributed by atoms with Crippen LogP contribution in [0, 0.1) is 0 Å². The largest absolute Gasteiger partial charge is 0.386 e. The van der Waals surface area contributed by atoms with Gasteiger partial charge in [-0.05, 0) is 32.3 Å². The molecule has 14 heavy (non-hydrogen) atoms. The van der Waals surface area contributed by atoms with Crippen molar-refractivity contribution in [2.45, 2.75) is 32.3 Å². The SMILES string of the molecule is C/C=C\[C@](C)(O)CCc1ccccc1. The second-order valence-corrected chi connectivity index (χ2v) is 3.84. The van der Waals surface area contributed by atoms with E-state index in [1.807, 2.05) is 44.2 Å². The fourth-order valence-electron chi connectivity index (χ4n) is 1.48. The van der Waals surface area contributed by atoms with E-state index >= 15 is 0 Å². The number of hydrogen-bond acceptors (Lipinski definition) is 1. The molecule has 0 aromatic heterocycles. The van der Waals surface area contributed by atoms with Gasteiger partial charge in [-0.3, -0.25) is 0 Å². The van der Waals surface area contributed by atoms with E-state index in [-0.39, 0.29) is 0 Å². The first-order valence-corrected chi connectivity index (χ1v) is 5.04. The molecule has 0 fully saturated rings. The van der Waals surface area contributed by atoms with Gasteiger partial charge in [0.15, 0.2) is 0 Å². The van der Waals surface area contributed by atoms with Crippen molar-refractivity contribution in [2.24, 2.45) is 0 Å². The first-order chi connectivity index (χ1) is 6.64. The highest BCUT2D eigenvalue weighted by atomic mass is 16.3. The third-order valence-corrected chi connectivity index (χ3v) is 2.29. The molecule has 0 unspecified atom stereocenters. The lowest BCUT2D eigenvalue weighted by molar-refractivity contribution is 0.102. The van der Waals surface area contributed by atoms with Crippen LogP contribution >= 0.6 is 0 Å². The monoisotopic (exact) mass is 190 g/mol. The number of aryl methyl sites for hydroxylation is 1. The van der Waals surface area contributed by atoms with Crippen molar-refractivity contribution in [1.82, 2.24) is 0 Å². The van der Waals surface area contributed by atoms with Crippen molar-refractivity contribution < 1.29 is 5.11 Å². The maximum atomic E-state index is 9.89. The van der Waals surface area contributed by atoms with Crippen molar-refractivity contribution in [1.29, 1.82) is 0 Å². The molecule has 0 aliphatic carbocycles. The lowest BCUT2D eigenvalue weighted by Gasteiger charge is -2.18. The summed E-state index contributed by atoms with van der Waals surface area (Å²) < 4.78 is 0. The molecule has 0 heterocycles. The first kappa shape index (κ1) is 11.0. The second-order valence-electron chi connectivity index (χ2n) is 3.84. The average Bonchev–Trinajstić information content (AvgIpc) is 2.17. The fraction of sp³-hybridized carbons (Fsp3) is 0.385. The Morgan fingerprint density at radius 3 is 2.50 bits per heavy atom. The zero-order chi connectivity index (χ0) is 10.4. The van der Waals surface area contributed by atoms with Gasteiger partial charge >= 0.3 is 0 Å². The Bertz CT molecular complexity index is 285. The Labute approximate surface area is 86.1 Å². The zero-order valence-corrected chi connectivity index (χ0v) is 8.90. The van der Waals surface area contributed by atoms with Crippen LogP contribution in [0.4, 0.5) is 0 Å². The van der Waals surface area contributed by atoms with E-state index in [4.69, 9.17) is 0 Å². The highest BCUT2D eigenvalue weighted by Crippen LogP contribution is 2.15. The molecule has 1 rings (SSSR count). The Balaban J connectivity index is 2.49. The van der Waals surface area contributed by atoms with E-state index in [9.17, 15) is 5.11 Å². The summed E-state index contributed by atoms with van der Waals surface area (Å²) in [7, 11) is 0. The first-order valence-electron chi connectivity index (χ1n) is 5.04. The summed E-state index contributed by atoms with van der Waals surface area (Å²) >= 11 is 0. The zero-order valence-electron chi connectivity index (χ0n) is 8.90. The van der Waals surface area contributed by atoms with E-state index in [0.717, 1.165) is 12.8 Å². The molecule has 0 saturated heterocycles. The lowest BCUT2D eigenvalue weighted by Crippen LogP contribution is -2.21. The van der Waals surface area contributed by atoms with E-state index in [1.54, 1.807) is 0 Å². The van der Waals surface area contributed by atoms with Crippen LogP contribution in [0.25, 0.3) is 0 Å². The van der Waals surface area contributed by atoms with Crippen LogP contribution in [0.3, 0.4) is 0 Å². The molecule has 0 aliphatic heterocycles. The topological polar surface area (TPSA) is 20.2 Å². The van der Waals surface area contributed by atoms with E-state index in [1.165, 1.54) is 5.56 Å². The number of allylic oxidation sites excluding steroid dienone is 1. The van der Waals surface area contributed by atoms with E-state index in [2.05, 4.69) is 12.1 Å². The number of rotatable bonds is 4. The predicted octanol–water partition coefficient (Wildman–Crippen LogP) is 2.95. The van der Waals surface area contributed by atoms with Gasteiger partial charge in [0.2, 0.25) is 0 Å². The molecule has 0 amide bonds. The van der Waals surface area contributed by atoms with Crippen molar-refractivity contribution >= 4 is 0 Å². The van der Waals surface area contributed by atoms with Crippen molar-refractivity contribution in [3.05, 3.63) is 48.0 Å². The number of aliphatic hydroxyl groups is 1. The molecule has 1 heteroatoms. The molecule has 76 valence electrons. The second kappa shape index (κ2) is 4.97. The lowest BCUT2D eigenvalue weighted by atomic mass is 9.96. The van der Waals surface area contributed by atoms with Crippen LogP contribution in [0.2, 0.25) is 0 Å². The molecule has 1 N–H and O–H groups in total. The molecular formula is C13H18O. The van der Waals surface area contributed by atoms with Gasteiger partial charge in [0, 0.05) is 0 Å². The maximum Gasteiger partial charge on any atom is 0.0802 e. The van der Waals surface area contributed by atoms with Crippen molar-refractivity contribution in [3.63, 3.8) is 0 Å². The van der Waals surface area contributed by atoms with Crippen molar-refractivity contribution in [3.8, 4) is 0 Å². The molecule has 0 radical (unpaired) electrons. The number of hydrogen-bond donors (Lipinski definition) is 1. The van der Waals surface area contributed by atoms with Crippen LogP contribution in [0.1, 0.15) is 25.8 Å². The van der Waals surface area contributed by atoms with Crippen LogP contribution < -0.4 is 0 Å². The van der Waals surface area contributed by atoms with Crippen LogP contribution in [-0.2, 0) is 6.42 Å². The van der Waals surface area contributed by atoms with E-state index < -0.39 is 5.60 Å². The summed E-state index contributed by atoms with van der Waals surface area (Å²) in [5, 5.41) is 9.89. The Hall–Kier alpha value is -1.08. The van der Waals surface area contributed by atoms with Crippen LogP contribution in [0.5, 0.6) is 0 Å².